The second kappa shape index (κ2) is 9.32. The summed E-state index contributed by atoms with van der Waals surface area (Å²) in [5.41, 5.74) is 1.31. The molecular weight excluding hydrogens is 385 g/mol. The van der Waals surface area contributed by atoms with Gasteiger partial charge in [0, 0.05) is 24.2 Å². The Morgan fingerprint density at radius 1 is 1.37 bits per heavy atom. The Kier molecular flexibility index (Phi) is 6.84. The Morgan fingerprint density at radius 3 is 2.89 bits per heavy atom. The smallest absolute Gasteiger partial charge is 0.234 e. The van der Waals surface area contributed by atoms with E-state index >= 15 is 0 Å². The largest absolute Gasteiger partial charge is 0.342 e. The van der Waals surface area contributed by atoms with Crippen LogP contribution in [-0.2, 0) is 16.0 Å². The molecule has 2 aromatic rings. The molecule has 1 saturated heterocycles. The van der Waals surface area contributed by atoms with Crippen LogP contribution < -0.4 is 5.32 Å². The fourth-order valence-electron chi connectivity index (χ4n) is 2.98. The summed E-state index contributed by atoms with van der Waals surface area (Å²) in [6, 6.07) is 5.64. The maximum atomic E-state index is 12.9. The molecule has 5 nitrogen and oxygen atoms in total. The number of piperidine rings is 1. The summed E-state index contributed by atoms with van der Waals surface area (Å²) in [4.78, 5) is 30.8. The van der Waals surface area contributed by atoms with Crippen LogP contribution in [0.2, 0.25) is 0 Å². The summed E-state index contributed by atoms with van der Waals surface area (Å²) >= 11 is 2.77. The van der Waals surface area contributed by atoms with E-state index < -0.39 is 0 Å². The molecular formula is C19H22FN3O2S2. The van der Waals surface area contributed by atoms with Crippen LogP contribution in [0.5, 0.6) is 0 Å². The van der Waals surface area contributed by atoms with Gasteiger partial charge in [0.15, 0.2) is 4.34 Å². The van der Waals surface area contributed by atoms with Gasteiger partial charge in [-0.3, -0.25) is 9.59 Å². The van der Waals surface area contributed by atoms with Crippen LogP contribution in [0.3, 0.4) is 0 Å². The van der Waals surface area contributed by atoms with Crippen molar-refractivity contribution in [3.8, 4) is 0 Å². The standard InChI is InChI=1S/C19H22FN3O2S2/c1-13-3-2-8-23(10-13)18(25)9-16-11-26-19(22-16)27-12-17(24)21-15-6-4-14(20)5-7-15/h4-7,11,13H,2-3,8-10,12H2,1H3,(H,21,24)/t13-/m1/s1. The van der Waals surface area contributed by atoms with Gasteiger partial charge >= 0.3 is 0 Å². The fraction of sp³-hybridized carbons (Fsp3) is 0.421. The lowest BCUT2D eigenvalue weighted by Crippen LogP contribution is -2.39. The molecule has 0 bridgehead atoms. The molecule has 0 aliphatic carbocycles. The third-order valence-corrected chi connectivity index (χ3v) is 6.40. The fourth-order valence-corrected chi connectivity index (χ4v) is 4.62. The maximum Gasteiger partial charge on any atom is 0.234 e. The lowest BCUT2D eigenvalue weighted by Gasteiger charge is -2.30. The topological polar surface area (TPSA) is 62.3 Å². The van der Waals surface area contributed by atoms with Gasteiger partial charge < -0.3 is 10.2 Å². The zero-order valence-corrected chi connectivity index (χ0v) is 16.7. The van der Waals surface area contributed by atoms with Crippen LogP contribution in [-0.4, -0.2) is 40.5 Å². The number of halogens is 1. The van der Waals surface area contributed by atoms with Crippen molar-refractivity contribution in [1.82, 2.24) is 9.88 Å². The number of nitrogens with one attached hydrogen (secondary N) is 1. The van der Waals surface area contributed by atoms with Gasteiger partial charge in [-0.25, -0.2) is 9.37 Å². The minimum absolute atomic E-state index is 0.123. The first-order valence-corrected chi connectivity index (χ1v) is 10.8. The lowest BCUT2D eigenvalue weighted by atomic mass is 10.00. The Morgan fingerprint density at radius 2 is 2.15 bits per heavy atom. The molecule has 8 heteroatoms. The number of likely N-dealkylation sites (tertiary alicyclic amines) is 1. The van der Waals surface area contributed by atoms with Crippen LogP contribution in [0.1, 0.15) is 25.5 Å². The van der Waals surface area contributed by atoms with Crippen molar-refractivity contribution in [3.63, 3.8) is 0 Å². The number of nitrogens with zero attached hydrogens (tertiary/aromatic N) is 2. The Hall–Kier alpha value is -1.93. The SMILES string of the molecule is C[C@@H]1CCCN(C(=O)Cc2csc(SCC(=O)Nc3ccc(F)cc3)n2)C1. The molecule has 0 radical (unpaired) electrons. The number of carbonyl (C=O) groups excluding carboxylic acids is 2. The second-order valence-electron chi connectivity index (χ2n) is 6.71. The third kappa shape index (κ3) is 6.04. The molecule has 2 amide bonds. The first kappa shape index (κ1) is 19.8. The average Bonchev–Trinajstić information content (AvgIpc) is 3.09. The minimum Gasteiger partial charge on any atom is -0.342 e. The van der Waals surface area contributed by atoms with Crippen LogP contribution in [0, 0.1) is 11.7 Å². The number of benzene rings is 1. The van der Waals surface area contributed by atoms with E-state index in [0.717, 1.165) is 29.5 Å². The highest BCUT2D eigenvalue weighted by atomic mass is 32.2. The average molecular weight is 408 g/mol. The molecule has 1 aliphatic heterocycles. The van der Waals surface area contributed by atoms with Crippen LogP contribution in [0.4, 0.5) is 10.1 Å². The predicted molar refractivity (Wildman–Crippen MR) is 107 cm³/mol. The number of rotatable bonds is 6. The number of carbonyl (C=O) groups is 2. The monoisotopic (exact) mass is 407 g/mol. The van der Waals surface area contributed by atoms with E-state index in [2.05, 4.69) is 17.2 Å². The van der Waals surface area contributed by atoms with Crippen molar-refractivity contribution in [1.29, 1.82) is 0 Å². The minimum atomic E-state index is -0.341. The van der Waals surface area contributed by atoms with E-state index in [1.807, 2.05) is 10.3 Å². The highest BCUT2D eigenvalue weighted by molar-refractivity contribution is 8.01. The Labute approximate surface area is 166 Å². The van der Waals surface area contributed by atoms with Gasteiger partial charge in [0.2, 0.25) is 11.8 Å². The molecule has 1 aromatic carbocycles. The molecule has 1 fully saturated rings. The van der Waals surface area contributed by atoms with E-state index in [1.165, 1.54) is 53.8 Å². The summed E-state index contributed by atoms with van der Waals surface area (Å²) < 4.78 is 13.6. The van der Waals surface area contributed by atoms with Gasteiger partial charge in [-0.2, -0.15) is 0 Å². The Balaban J connectivity index is 1.45. The van der Waals surface area contributed by atoms with E-state index in [0.29, 0.717) is 18.0 Å². The first-order valence-electron chi connectivity index (χ1n) is 8.90. The number of thiazole rings is 1. The molecule has 0 unspecified atom stereocenters. The van der Waals surface area contributed by atoms with Gasteiger partial charge in [0.05, 0.1) is 17.9 Å². The third-order valence-electron chi connectivity index (χ3n) is 4.33. The van der Waals surface area contributed by atoms with Crippen LogP contribution in [0.15, 0.2) is 34.0 Å². The molecule has 1 aromatic heterocycles. The van der Waals surface area contributed by atoms with Gasteiger partial charge in [0.25, 0.3) is 0 Å². The molecule has 0 saturated carbocycles. The van der Waals surface area contributed by atoms with E-state index in [9.17, 15) is 14.0 Å². The van der Waals surface area contributed by atoms with Gasteiger partial charge in [0.1, 0.15) is 5.82 Å². The van der Waals surface area contributed by atoms with Crippen molar-refractivity contribution in [3.05, 3.63) is 41.2 Å². The summed E-state index contributed by atoms with van der Waals surface area (Å²) in [5, 5.41) is 4.60. The summed E-state index contributed by atoms with van der Waals surface area (Å²) in [5.74, 6) is 0.372. The van der Waals surface area contributed by atoms with Crippen LogP contribution in [0.25, 0.3) is 0 Å². The molecule has 144 valence electrons. The number of amides is 2. The predicted octanol–water partition coefficient (Wildman–Crippen LogP) is 3.81. The molecule has 3 rings (SSSR count). The molecule has 1 aliphatic rings. The lowest BCUT2D eigenvalue weighted by molar-refractivity contribution is -0.132. The zero-order valence-electron chi connectivity index (χ0n) is 15.1. The van der Waals surface area contributed by atoms with Crippen molar-refractivity contribution < 1.29 is 14.0 Å². The van der Waals surface area contributed by atoms with Gasteiger partial charge in [-0.05, 0) is 43.0 Å². The molecule has 27 heavy (non-hydrogen) atoms. The number of thioether (sulfide) groups is 1. The summed E-state index contributed by atoms with van der Waals surface area (Å²) in [6.07, 6.45) is 2.56. The van der Waals surface area contributed by atoms with Crippen molar-refractivity contribution in [2.45, 2.75) is 30.5 Å². The van der Waals surface area contributed by atoms with Crippen LogP contribution >= 0.6 is 23.1 Å². The highest BCUT2D eigenvalue weighted by Crippen LogP contribution is 2.24. The molecule has 1 atom stereocenters. The molecule has 1 N–H and O–H groups in total. The summed E-state index contributed by atoms with van der Waals surface area (Å²) in [7, 11) is 0. The zero-order chi connectivity index (χ0) is 19.2. The molecule has 0 spiro atoms. The Bertz CT molecular complexity index is 795. The number of anilines is 1. The van der Waals surface area contributed by atoms with E-state index in [1.54, 1.807) is 0 Å². The number of hydrogen-bond donors (Lipinski definition) is 1. The van der Waals surface area contributed by atoms with Gasteiger partial charge in [-0.1, -0.05) is 18.7 Å². The quantitative estimate of drug-likeness (QED) is 0.740. The number of aromatic nitrogens is 1. The summed E-state index contributed by atoms with van der Waals surface area (Å²) in [6.45, 7) is 3.83. The number of hydrogen-bond acceptors (Lipinski definition) is 5. The maximum absolute atomic E-state index is 12.9. The second-order valence-corrected chi connectivity index (χ2v) is 8.79. The van der Waals surface area contributed by atoms with Crippen molar-refractivity contribution in [2.75, 3.05) is 24.2 Å². The van der Waals surface area contributed by atoms with E-state index in [4.69, 9.17) is 0 Å². The first-order chi connectivity index (χ1) is 13.0. The van der Waals surface area contributed by atoms with E-state index in [-0.39, 0.29) is 23.4 Å². The highest BCUT2D eigenvalue weighted by Gasteiger charge is 2.21. The van der Waals surface area contributed by atoms with Crippen molar-refractivity contribution in [2.24, 2.45) is 5.92 Å². The van der Waals surface area contributed by atoms with Crippen molar-refractivity contribution >= 4 is 40.6 Å². The normalized spacial score (nSPS) is 17.0. The van der Waals surface area contributed by atoms with Gasteiger partial charge in [-0.15, -0.1) is 11.3 Å². The molecule has 2 heterocycles.